The van der Waals surface area contributed by atoms with Gasteiger partial charge in [-0.3, -0.25) is 10.2 Å². The van der Waals surface area contributed by atoms with Crippen LogP contribution in [0.3, 0.4) is 0 Å². The summed E-state index contributed by atoms with van der Waals surface area (Å²) in [5, 5.41) is 6.88. The van der Waals surface area contributed by atoms with Crippen LogP contribution in [0.15, 0.2) is 18.2 Å². The van der Waals surface area contributed by atoms with E-state index in [1.54, 1.807) is 14.2 Å². The molecule has 1 amide bonds. The van der Waals surface area contributed by atoms with Gasteiger partial charge in [-0.05, 0) is 88.0 Å². The van der Waals surface area contributed by atoms with Crippen LogP contribution in [0, 0.1) is 17.8 Å². The number of fused-ring (bicyclic) bond motifs is 3. The molecule has 11 heteroatoms. The molecule has 43 heavy (non-hydrogen) atoms. The second-order valence-electron chi connectivity index (χ2n) is 13.6. The molecule has 2 aromatic rings. The van der Waals surface area contributed by atoms with Crippen molar-refractivity contribution in [2.45, 2.75) is 88.1 Å². The SMILES string of the molecule is COc1ccc2c(c1)[C@]1(C[C@H]1C1CCC3C(C1)NNC3Nc1nc(C3CC3)nc(N3C[C@@H](C)O[C@@H](C)C3)c1OC)C(=O)N2. The van der Waals surface area contributed by atoms with Gasteiger partial charge >= 0.3 is 0 Å². The molecule has 1 spiro atoms. The zero-order chi connectivity index (χ0) is 29.5. The van der Waals surface area contributed by atoms with E-state index in [1.165, 1.54) is 0 Å². The molecule has 2 saturated heterocycles. The van der Waals surface area contributed by atoms with E-state index in [0.717, 1.165) is 86.1 Å². The van der Waals surface area contributed by atoms with Crippen LogP contribution in [0.2, 0.25) is 0 Å². The molecule has 1 aromatic carbocycles. The molecule has 4 heterocycles. The van der Waals surface area contributed by atoms with Crippen molar-refractivity contribution >= 4 is 23.2 Å². The van der Waals surface area contributed by atoms with E-state index < -0.39 is 5.41 Å². The number of nitrogens with zero attached hydrogens (tertiary/aromatic N) is 3. The van der Waals surface area contributed by atoms with E-state index in [9.17, 15) is 4.79 Å². The van der Waals surface area contributed by atoms with Crippen molar-refractivity contribution in [3.63, 3.8) is 0 Å². The maximum atomic E-state index is 13.2. The number of benzene rings is 1. The second-order valence-corrected chi connectivity index (χ2v) is 13.6. The number of carbonyl (C=O) groups is 1. The fourth-order valence-electron chi connectivity index (χ4n) is 8.49. The van der Waals surface area contributed by atoms with Gasteiger partial charge in [-0.2, -0.15) is 0 Å². The number of morpholine rings is 1. The van der Waals surface area contributed by atoms with E-state index in [2.05, 4.69) is 46.3 Å². The van der Waals surface area contributed by atoms with Crippen molar-refractivity contribution in [1.82, 2.24) is 20.8 Å². The van der Waals surface area contributed by atoms with Crippen molar-refractivity contribution in [2.24, 2.45) is 17.8 Å². The number of amides is 1. The topological polar surface area (TPSA) is 122 Å². The minimum atomic E-state index is -0.399. The first-order valence-electron chi connectivity index (χ1n) is 16.0. The highest BCUT2D eigenvalue weighted by Gasteiger charge is 2.67. The number of methoxy groups -OCH3 is 2. The number of aromatic nitrogens is 2. The van der Waals surface area contributed by atoms with E-state index in [0.29, 0.717) is 35.5 Å². The minimum absolute atomic E-state index is 0.0186. The summed E-state index contributed by atoms with van der Waals surface area (Å²) in [6.07, 6.45) is 6.66. The van der Waals surface area contributed by atoms with E-state index >= 15 is 0 Å². The number of carbonyl (C=O) groups excluding carboxylic acids is 1. The monoisotopic (exact) mass is 589 g/mol. The summed E-state index contributed by atoms with van der Waals surface area (Å²) in [6, 6.07) is 6.28. The molecule has 4 unspecified atom stereocenters. The molecule has 1 aromatic heterocycles. The van der Waals surface area contributed by atoms with Gasteiger partial charge in [0.25, 0.3) is 0 Å². The van der Waals surface area contributed by atoms with Gasteiger partial charge in [-0.15, -0.1) is 0 Å². The van der Waals surface area contributed by atoms with Gasteiger partial charge in [-0.1, -0.05) is 0 Å². The molecule has 5 fully saturated rings. The molecule has 230 valence electrons. The molecule has 4 N–H and O–H groups in total. The van der Waals surface area contributed by atoms with Gasteiger partial charge in [0, 0.05) is 36.7 Å². The zero-order valence-corrected chi connectivity index (χ0v) is 25.5. The fourth-order valence-corrected chi connectivity index (χ4v) is 8.49. The predicted octanol–water partition coefficient (Wildman–Crippen LogP) is 3.53. The Morgan fingerprint density at radius 1 is 1.05 bits per heavy atom. The average molecular weight is 590 g/mol. The molecule has 8 rings (SSSR count). The van der Waals surface area contributed by atoms with Crippen molar-refractivity contribution in [3.05, 3.63) is 29.6 Å². The van der Waals surface area contributed by atoms with Crippen molar-refractivity contribution < 1.29 is 19.0 Å². The molecule has 3 saturated carbocycles. The normalized spacial score (nSPS) is 36.2. The Labute approximate surface area is 252 Å². The lowest BCUT2D eigenvalue weighted by Crippen LogP contribution is -2.46. The first kappa shape index (κ1) is 27.4. The third-order valence-electron chi connectivity index (χ3n) is 10.8. The highest BCUT2D eigenvalue weighted by Crippen LogP contribution is 2.65. The molecule has 3 aliphatic heterocycles. The Morgan fingerprint density at radius 3 is 2.60 bits per heavy atom. The lowest BCUT2D eigenvalue weighted by atomic mass is 9.74. The number of hydrazine groups is 1. The van der Waals surface area contributed by atoms with Crippen LogP contribution in [0.25, 0.3) is 0 Å². The Morgan fingerprint density at radius 2 is 1.86 bits per heavy atom. The Kier molecular flexibility index (Phi) is 6.50. The van der Waals surface area contributed by atoms with Gasteiger partial charge in [0.1, 0.15) is 11.6 Å². The van der Waals surface area contributed by atoms with Crippen molar-refractivity contribution in [2.75, 3.05) is 42.8 Å². The van der Waals surface area contributed by atoms with Gasteiger partial charge in [0.2, 0.25) is 11.7 Å². The molecular formula is C32H43N7O4. The first-order valence-corrected chi connectivity index (χ1v) is 16.0. The summed E-state index contributed by atoms with van der Waals surface area (Å²) >= 11 is 0. The van der Waals surface area contributed by atoms with Crippen LogP contribution < -0.4 is 35.9 Å². The van der Waals surface area contributed by atoms with Crippen LogP contribution in [0.5, 0.6) is 11.5 Å². The first-order chi connectivity index (χ1) is 20.9. The van der Waals surface area contributed by atoms with Crippen LogP contribution in [-0.2, 0) is 14.9 Å². The fraction of sp³-hybridized carbons (Fsp3) is 0.656. The third-order valence-corrected chi connectivity index (χ3v) is 10.8. The predicted molar refractivity (Wildman–Crippen MR) is 162 cm³/mol. The summed E-state index contributed by atoms with van der Waals surface area (Å²) in [7, 11) is 3.39. The van der Waals surface area contributed by atoms with Gasteiger partial charge in [0.15, 0.2) is 11.6 Å². The van der Waals surface area contributed by atoms with E-state index in [1.807, 2.05) is 12.1 Å². The second kappa shape index (κ2) is 10.2. The number of anilines is 3. The van der Waals surface area contributed by atoms with Crippen molar-refractivity contribution in [1.29, 1.82) is 0 Å². The molecule has 6 aliphatic rings. The molecular weight excluding hydrogens is 546 g/mol. The van der Waals surface area contributed by atoms with Gasteiger partial charge in [0.05, 0.1) is 38.0 Å². The standard InChI is InChI=1S/C32H43N7O4/c1-16-14-39(15-17(2)43-16)30-26(42-4)29(34-27(36-30)18-5-6-18)35-28-21-9-7-19(11-25(21)37-38-28)23-13-32(23)22-12-20(41-3)8-10-24(22)33-31(32)40/h8,10,12,16-19,21,23,25,28,37-38H,5-7,9,11,13-15H2,1-4H3,(H,33,40)(H,34,35,36)/t16-,17+,19?,21?,23-,25?,28?,32-/m0/s1. The van der Waals surface area contributed by atoms with Crippen LogP contribution in [0.4, 0.5) is 17.3 Å². The van der Waals surface area contributed by atoms with Crippen molar-refractivity contribution in [3.8, 4) is 11.5 Å². The lowest BCUT2D eigenvalue weighted by Gasteiger charge is -2.37. The van der Waals surface area contributed by atoms with Crippen LogP contribution in [-0.4, -0.2) is 67.6 Å². The Bertz CT molecular complexity index is 1420. The summed E-state index contributed by atoms with van der Waals surface area (Å²) in [6.45, 7) is 5.77. The summed E-state index contributed by atoms with van der Waals surface area (Å²) in [5.74, 6) is 5.86. The number of hydrogen-bond acceptors (Lipinski definition) is 10. The number of nitrogens with one attached hydrogen (secondary N) is 4. The highest BCUT2D eigenvalue weighted by molar-refractivity contribution is 6.09. The molecule has 8 atom stereocenters. The maximum absolute atomic E-state index is 13.2. The third kappa shape index (κ3) is 4.54. The minimum Gasteiger partial charge on any atom is -0.497 e. The van der Waals surface area contributed by atoms with E-state index in [-0.39, 0.29) is 24.3 Å². The zero-order valence-electron chi connectivity index (χ0n) is 25.5. The quantitative estimate of drug-likeness (QED) is 0.382. The van der Waals surface area contributed by atoms with Gasteiger partial charge in [-0.25, -0.2) is 15.4 Å². The lowest BCUT2D eigenvalue weighted by molar-refractivity contribution is -0.118. The van der Waals surface area contributed by atoms with Crippen LogP contribution in [0.1, 0.15) is 69.7 Å². The molecule has 0 radical (unpaired) electrons. The number of ether oxygens (including phenoxy) is 3. The summed E-state index contributed by atoms with van der Waals surface area (Å²) in [4.78, 5) is 25.6. The summed E-state index contributed by atoms with van der Waals surface area (Å²) in [5.41, 5.74) is 8.81. The number of hydrogen-bond donors (Lipinski definition) is 4. The average Bonchev–Trinajstić information content (AvgIpc) is 3.92. The summed E-state index contributed by atoms with van der Waals surface area (Å²) < 4.78 is 17.5. The highest BCUT2D eigenvalue weighted by atomic mass is 16.5. The molecule has 11 nitrogen and oxygen atoms in total. The molecule has 0 bridgehead atoms. The van der Waals surface area contributed by atoms with E-state index in [4.69, 9.17) is 24.2 Å². The van der Waals surface area contributed by atoms with Gasteiger partial charge < -0.3 is 29.7 Å². The number of rotatable bonds is 7. The Balaban J connectivity index is 0.997. The largest absolute Gasteiger partial charge is 0.497 e. The maximum Gasteiger partial charge on any atom is 0.235 e. The smallest absolute Gasteiger partial charge is 0.235 e. The molecule has 3 aliphatic carbocycles. The Hall–Kier alpha value is -3.15. The van der Waals surface area contributed by atoms with Crippen LogP contribution >= 0.6 is 0 Å².